The number of fused-ring (bicyclic) bond motifs is 4. The third-order valence-electron chi connectivity index (χ3n) is 11.1. The normalized spacial score (nSPS) is 22.2. The Morgan fingerprint density at radius 1 is 0.875 bits per heavy atom. The topological polar surface area (TPSA) is 98.6 Å². The number of methoxy groups -OCH3 is 1. The van der Waals surface area contributed by atoms with Gasteiger partial charge < -0.3 is 29.4 Å². The lowest BCUT2D eigenvalue weighted by atomic mass is 9.98. The van der Waals surface area contributed by atoms with Gasteiger partial charge in [-0.05, 0) is 80.0 Å². The number of rotatable bonds is 8. The molecular weight excluding hydrogens is 624 g/mol. The van der Waals surface area contributed by atoms with Gasteiger partial charge in [-0.25, -0.2) is 4.98 Å². The summed E-state index contributed by atoms with van der Waals surface area (Å²) in [6.45, 7) is 3.57. The predicted octanol–water partition coefficient (Wildman–Crippen LogP) is 6.06. The summed E-state index contributed by atoms with van der Waals surface area (Å²) in [7, 11) is 1.66. The molecule has 10 heteroatoms. The third-order valence-corrected chi connectivity index (χ3v) is 11.4. The Bertz CT molecular complexity index is 2090. The molecule has 3 aromatic carbocycles. The third kappa shape index (κ3) is 4.89. The summed E-state index contributed by atoms with van der Waals surface area (Å²) >= 11 is 6.18. The highest BCUT2D eigenvalue weighted by molar-refractivity contribution is 6.31. The highest BCUT2D eigenvalue weighted by Gasteiger charge is 2.47. The molecule has 4 heterocycles. The Hall–Kier alpha value is -4.34. The second-order valence-electron chi connectivity index (χ2n) is 14.3. The zero-order valence-corrected chi connectivity index (χ0v) is 27.8. The molecule has 2 aliphatic heterocycles. The van der Waals surface area contributed by atoms with Crippen LogP contribution in [0.25, 0.3) is 33.5 Å². The second kappa shape index (κ2) is 11.4. The van der Waals surface area contributed by atoms with Crippen LogP contribution in [0.15, 0.2) is 66.7 Å². The van der Waals surface area contributed by atoms with Gasteiger partial charge in [0.05, 0.1) is 18.3 Å². The second-order valence-corrected chi connectivity index (χ2v) is 14.7. The van der Waals surface area contributed by atoms with Crippen molar-refractivity contribution < 1.29 is 14.3 Å². The van der Waals surface area contributed by atoms with Crippen molar-refractivity contribution in [2.45, 2.75) is 50.9 Å². The molecule has 9 rings (SSSR count). The number of hydrogen-bond acceptors (Lipinski definition) is 5. The van der Waals surface area contributed by atoms with Crippen molar-refractivity contribution in [3.05, 3.63) is 82.9 Å². The lowest BCUT2D eigenvalue weighted by molar-refractivity contribution is 0.0471. The number of amides is 2. The van der Waals surface area contributed by atoms with Gasteiger partial charge in [0.15, 0.2) is 5.82 Å². The lowest BCUT2D eigenvalue weighted by Gasteiger charge is -2.40. The number of likely N-dealkylation sites (tertiary alicyclic amines) is 2. The van der Waals surface area contributed by atoms with Gasteiger partial charge in [-0.3, -0.25) is 9.59 Å². The van der Waals surface area contributed by atoms with Crippen LogP contribution in [0.4, 0.5) is 0 Å². The number of imidazole rings is 1. The number of piperidine rings is 1. The molecule has 3 atom stereocenters. The van der Waals surface area contributed by atoms with Crippen LogP contribution in [0.1, 0.15) is 46.4 Å². The van der Waals surface area contributed by atoms with E-state index in [4.69, 9.17) is 27.1 Å². The summed E-state index contributed by atoms with van der Waals surface area (Å²) in [6.07, 6.45) is 4.52. The zero-order chi connectivity index (χ0) is 32.7. The minimum Gasteiger partial charge on any atom is -0.494 e. The Balaban J connectivity index is 1.12. The number of ether oxygens (including phenoxy) is 1. The molecule has 2 saturated heterocycles. The molecule has 2 bridgehead atoms. The SMILES string of the molecule is COc1cc(C(=O)N2C[C@H]3CC[C@@H]2[C@@H]3N)cc2nc(-c3cc4ccccc4n3CC3CC3)n(CC3CN(C(=O)c4cccc(Cl)c4)C3)c12. The fraction of sp³-hybridized carbons (Fsp3) is 0.395. The Labute approximate surface area is 284 Å². The van der Waals surface area contributed by atoms with E-state index >= 15 is 0 Å². The average molecular weight is 663 g/mol. The fourth-order valence-corrected chi connectivity index (χ4v) is 8.58. The number of hydrogen-bond donors (Lipinski definition) is 1. The first-order valence-electron chi connectivity index (χ1n) is 17.1. The maximum Gasteiger partial charge on any atom is 0.254 e. The average Bonchev–Trinajstić information content (AvgIpc) is 3.43. The van der Waals surface area contributed by atoms with Crippen molar-refractivity contribution in [2.24, 2.45) is 23.5 Å². The zero-order valence-electron chi connectivity index (χ0n) is 27.0. The molecular formula is C38H39ClN6O3. The number of carbonyl (C=O) groups is 2. The van der Waals surface area contributed by atoms with Crippen LogP contribution < -0.4 is 10.5 Å². The van der Waals surface area contributed by atoms with Crippen molar-refractivity contribution in [1.29, 1.82) is 0 Å². The standard InChI is InChI=1S/C38H39ClN6O3/c1-48-33-16-27(38(47)44-21-26-11-12-31(44)34(26)40)14-29-35(33)45(20-23-17-42(18-23)37(46)25-6-4-7-28(39)13-25)36(41-29)32-15-24-5-2-3-8-30(24)43(32)19-22-9-10-22/h2-8,13-16,22-23,26,31,34H,9-12,17-21,40H2,1H3/t26-,31-,34-/m1/s1. The molecule has 246 valence electrons. The van der Waals surface area contributed by atoms with E-state index in [2.05, 4.69) is 39.5 Å². The monoisotopic (exact) mass is 662 g/mol. The maximum atomic E-state index is 14.0. The summed E-state index contributed by atoms with van der Waals surface area (Å²) in [6, 6.07) is 21.8. The van der Waals surface area contributed by atoms with Crippen molar-refractivity contribution in [2.75, 3.05) is 26.7 Å². The quantitative estimate of drug-likeness (QED) is 0.218. The molecule has 2 aliphatic carbocycles. The van der Waals surface area contributed by atoms with E-state index in [0.29, 0.717) is 59.9 Å². The van der Waals surface area contributed by atoms with Gasteiger partial charge in [0.1, 0.15) is 11.3 Å². The number of halogens is 1. The summed E-state index contributed by atoms with van der Waals surface area (Å²) in [5, 5.41) is 1.73. The minimum absolute atomic E-state index is 0.00837. The van der Waals surface area contributed by atoms with Gasteiger partial charge in [-0.2, -0.15) is 0 Å². The van der Waals surface area contributed by atoms with Crippen molar-refractivity contribution >= 4 is 45.4 Å². The van der Waals surface area contributed by atoms with Gasteiger partial charge in [-0.15, -0.1) is 0 Å². The van der Waals surface area contributed by atoms with E-state index in [1.807, 2.05) is 34.1 Å². The summed E-state index contributed by atoms with van der Waals surface area (Å²) in [4.78, 5) is 36.3. The fourth-order valence-electron chi connectivity index (χ4n) is 8.39. The number of nitrogens with zero attached hydrogens (tertiary/aromatic N) is 5. The largest absolute Gasteiger partial charge is 0.494 e. The van der Waals surface area contributed by atoms with Gasteiger partial charge in [0, 0.05) is 77.8 Å². The van der Waals surface area contributed by atoms with Crippen molar-refractivity contribution in [1.82, 2.24) is 23.9 Å². The van der Waals surface area contributed by atoms with Crippen LogP contribution in [-0.2, 0) is 13.1 Å². The highest BCUT2D eigenvalue weighted by Crippen LogP contribution is 2.41. The van der Waals surface area contributed by atoms with E-state index in [0.717, 1.165) is 41.9 Å². The molecule has 0 spiro atoms. The number of benzene rings is 3. The summed E-state index contributed by atoms with van der Waals surface area (Å²) in [5.74, 6) is 2.72. The smallest absolute Gasteiger partial charge is 0.254 e. The van der Waals surface area contributed by atoms with Gasteiger partial charge in [-0.1, -0.05) is 35.9 Å². The van der Waals surface area contributed by atoms with E-state index in [1.165, 1.54) is 23.7 Å². The summed E-state index contributed by atoms with van der Waals surface area (Å²) < 4.78 is 10.7. The Kier molecular flexibility index (Phi) is 7.06. The molecule has 0 radical (unpaired) electrons. The summed E-state index contributed by atoms with van der Waals surface area (Å²) in [5.41, 5.74) is 11.5. The molecule has 2 N–H and O–H groups in total. The highest BCUT2D eigenvalue weighted by atomic mass is 35.5. The van der Waals surface area contributed by atoms with E-state index in [-0.39, 0.29) is 29.8 Å². The number of carbonyl (C=O) groups excluding carboxylic acids is 2. The lowest BCUT2D eigenvalue weighted by Crippen LogP contribution is -2.51. The van der Waals surface area contributed by atoms with Crippen LogP contribution in [0, 0.1) is 17.8 Å². The number of aromatic nitrogens is 3. The molecule has 9 nitrogen and oxygen atoms in total. The molecule has 2 aromatic heterocycles. The van der Waals surface area contributed by atoms with Gasteiger partial charge in [0.25, 0.3) is 11.8 Å². The molecule has 48 heavy (non-hydrogen) atoms. The molecule has 5 aromatic rings. The molecule has 4 aliphatic rings. The number of para-hydroxylation sites is 1. The maximum absolute atomic E-state index is 14.0. The first-order valence-corrected chi connectivity index (χ1v) is 17.5. The number of nitrogens with two attached hydrogens (primary N) is 1. The van der Waals surface area contributed by atoms with Crippen molar-refractivity contribution in [3.8, 4) is 17.3 Å². The molecule has 2 amide bonds. The molecule has 0 unspecified atom stereocenters. The van der Waals surface area contributed by atoms with E-state index in [9.17, 15) is 9.59 Å². The van der Waals surface area contributed by atoms with E-state index in [1.54, 1.807) is 19.2 Å². The Morgan fingerprint density at radius 2 is 1.69 bits per heavy atom. The van der Waals surface area contributed by atoms with Crippen LogP contribution >= 0.6 is 11.6 Å². The van der Waals surface area contributed by atoms with Crippen molar-refractivity contribution in [3.63, 3.8) is 0 Å². The van der Waals surface area contributed by atoms with Crippen LogP contribution in [0.2, 0.25) is 5.02 Å². The first kappa shape index (κ1) is 29.8. The van der Waals surface area contributed by atoms with Crippen LogP contribution in [0.3, 0.4) is 0 Å². The van der Waals surface area contributed by atoms with Crippen LogP contribution in [0.5, 0.6) is 5.75 Å². The van der Waals surface area contributed by atoms with Crippen LogP contribution in [-0.4, -0.2) is 74.6 Å². The van der Waals surface area contributed by atoms with Gasteiger partial charge >= 0.3 is 0 Å². The van der Waals surface area contributed by atoms with Gasteiger partial charge in [0.2, 0.25) is 0 Å². The molecule has 2 saturated carbocycles. The first-order chi connectivity index (χ1) is 23.4. The predicted molar refractivity (Wildman–Crippen MR) is 186 cm³/mol. The molecule has 4 fully saturated rings. The Morgan fingerprint density at radius 3 is 2.42 bits per heavy atom. The minimum atomic E-state index is -0.00918. The van der Waals surface area contributed by atoms with E-state index < -0.39 is 0 Å².